The molecule has 1 aromatic heterocycles. The first kappa shape index (κ1) is 16.2. The quantitative estimate of drug-likeness (QED) is 0.813. The summed E-state index contributed by atoms with van der Waals surface area (Å²) in [6, 6.07) is 1.02. The number of furan rings is 1. The van der Waals surface area contributed by atoms with Gasteiger partial charge in [0.25, 0.3) is 0 Å². The van der Waals surface area contributed by atoms with Gasteiger partial charge in [0.2, 0.25) is 15.8 Å². The number of rotatable bonds is 7. The molecule has 1 aromatic rings. The Hall–Kier alpha value is -0.860. The van der Waals surface area contributed by atoms with E-state index in [0.717, 1.165) is 18.9 Å². The van der Waals surface area contributed by atoms with E-state index in [2.05, 4.69) is 15.9 Å². The molecule has 6 nitrogen and oxygen atoms in total. The first-order chi connectivity index (χ1) is 8.84. The van der Waals surface area contributed by atoms with Gasteiger partial charge in [0.1, 0.15) is 4.90 Å². The molecule has 0 unspecified atom stereocenters. The standard InChI is InChI=1S/C11H16BrNO5S/c1-3-5-6-13(4-2)19(16,17)9-7-8(11(14)15)18-10(9)12/h7H,3-6H2,1-2H3,(H,14,15). The smallest absolute Gasteiger partial charge is 0.371 e. The highest BCUT2D eigenvalue weighted by atomic mass is 79.9. The van der Waals surface area contributed by atoms with Crippen molar-refractivity contribution in [1.29, 1.82) is 0 Å². The number of nitrogens with zero attached hydrogens (tertiary/aromatic N) is 1. The summed E-state index contributed by atoms with van der Waals surface area (Å²) in [5, 5.41) is 8.80. The van der Waals surface area contributed by atoms with Crippen molar-refractivity contribution in [2.24, 2.45) is 0 Å². The Balaban J connectivity index is 3.14. The zero-order chi connectivity index (χ0) is 14.6. The maximum atomic E-state index is 12.4. The van der Waals surface area contributed by atoms with E-state index in [1.807, 2.05) is 6.92 Å². The molecule has 0 aromatic carbocycles. The lowest BCUT2D eigenvalue weighted by atomic mass is 10.3. The maximum Gasteiger partial charge on any atom is 0.371 e. The molecule has 0 fully saturated rings. The second kappa shape index (κ2) is 6.53. The molecule has 0 amide bonds. The van der Waals surface area contributed by atoms with Gasteiger partial charge in [-0.05, 0) is 22.4 Å². The summed E-state index contributed by atoms with van der Waals surface area (Å²) in [5.74, 6) is -1.71. The first-order valence-electron chi connectivity index (χ1n) is 5.87. The predicted molar refractivity (Wildman–Crippen MR) is 72.7 cm³/mol. The van der Waals surface area contributed by atoms with Gasteiger partial charge in [0.15, 0.2) is 4.67 Å². The lowest BCUT2D eigenvalue weighted by Gasteiger charge is -2.19. The Kier molecular flexibility index (Phi) is 5.57. The topological polar surface area (TPSA) is 87.8 Å². The van der Waals surface area contributed by atoms with E-state index in [9.17, 15) is 13.2 Å². The van der Waals surface area contributed by atoms with Crippen molar-refractivity contribution in [2.75, 3.05) is 13.1 Å². The van der Waals surface area contributed by atoms with Gasteiger partial charge in [0, 0.05) is 19.2 Å². The molecule has 1 heterocycles. The van der Waals surface area contributed by atoms with Crippen LogP contribution in [0.2, 0.25) is 0 Å². The van der Waals surface area contributed by atoms with E-state index in [4.69, 9.17) is 9.52 Å². The lowest BCUT2D eigenvalue weighted by molar-refractivity contribution is 0.0661. The monoisotopic (exact) mass is 353 g/mol. The van der Waals surface area contributed by atoms with Gasteiger partial charge < -0.3 is 9.52 Å². The van der Waals surface area contributed by atoms with Crippen LogP contribution >= 0.6 is 15.9 Å². The van der Waals surface area contributed by atoms with Gasteiger partial charge >= 0.3 is 5.97 Å². The minimum absolute atomic E-state index is 0.0835. The van der Waals surface area contributed by atoms with E-state index in [1.54, 1.807) is 6.92 Å². The lowest BCUT2D eigenvalue weighted by Crippen LogP contribution is -2.31. The Morgan fingerprint density at radius 2 is 2.11 bits per heavy atom. The summed E-state index contributed by atoms with van der Waals surface area (Å²) in [4.78, 5) is 10.6. The number of aromatic carboxylic acids is 1. The number of carboxylic acids is 1. The summed E-state index contributed by atoms with van der Waals surface area (Å²) < 4.78 is 30.8. The highest BCUT2D eigenvalue weighted by molar-refractivity contribution is 9.10. The Bertz CT molecular complexity index is 551. The first-order valence-corrected chi connectivity index (χ1v) is 8.10. The molecular formula is C11H16BrNO5S. The van der Waals surface area contributed by atoms with E-state index in [1.165, 1.54) is 4.31 Å². The fourth-order valence-corrected chi connectivity index (χ4v) is 3.95. The minimum Gasteiger partial charge on any atom is -0.475 e. The minimum atomic E-state index is -3.74. The molecule has 0 bridgehead atoms. The van der Waals surface area contributed by atoms with Crippen molar-refractivity contribution < 1.29 is 22.7 Å². The Morgan fingerprint density at radius 1 is 1.47 bits per heavy atom. The van der Waals surface area contributed by atoms with Crippen LogP contribution in [-0.4, -0.2) is 36.9 Å². The third kappa shape index (κ3) is 3.58. The highest BCUT2D eigenvalue weighted by Crippen LogP contribution is 2.28. The molecule has 8 heteroatoms. The molecule has 0 aliphatic rings. The van der Waals surface area contributed by atoms with Gasteiger partial charge in [-0.3, -0.25) is 0 Å². The van der Waals surface area contributed by atoms with Crippen LogP contribution in [0.15, 0.2) is 20.0 Å². The van der Waals surface area contributed by atoms with Crippen LogP contribution in [0.3, 0.4) is 0 Å². The molecule has 0 radical (unpaired) electrons. The molecule has 108 valence electrons. The highest BCUT2D eigenvalue weighted by Gasteiger charge is 2.29. The summed E-state index contributed by atoms with van der Waals surface area (Å²) in [5.41, 5.74) is 0. The van der Waals surface area contributed by atoms with Crippen LogP contribution < -0.4 is 0 Å². The molecule has 0 aliphatic heterocycles. The SMILES string of the molecule is CCCCN(CC)S(=O)(=O)c1cc(C(=O)O)oc1Br. The number of hydrogen-bond donors (Lipinski definition) is 1. The predicted octanol–water partition coefficient (Wildman–Crippen LogP) is 2.55. The number of unbranched alkanes of at least 4 members (excludes halogenated alkanes) is 1. The molecule has 0 spiro atoms. The molecule has 1 N–H and O–H groups in total. The Labute approximate surface area is 120 Å². The van der Waals surface area contributed by atoms with Gasteiger partial charge in [-0.1, -0.05) is 20.3 Å². The molecule has 19 heavy (non-hydrogen) atoms. The molecule has 0 saturated carbocycles. The molecular weight excluding hydrogens is 338 g/mol. The summed E-state index contributed by atoms with van der Waals surface area (Å²) in [7, 11) is -3.74. The number of sulfonamides is 1. The van der Waals surface area contributed by atoms with Crippen LogP contribution in [0, 0.1) is 0 Å². The normalized spacial score (nSPS) is 12.0. The van der Waals surface area contributed by atoms with Crippen LogP contribution in [-0.2, 0) is 10.0 Å². The summed E-state index contributed by atoms with van der Waals surface area (Å²) >= 11 is 2.95. The van der Waals surface area contributed by atoms with Crippen LogP contribution in [0.25, 0.3) is 0 Å². The summed E-state index contributed by atoms with van der Waals surface area (Å²) in [6.45, 7) is 4.42. The van der Waals surface area contributed by atoms with Crippen LogP contribution in [0.4, 0.5) is 0 Å². The zero-order valence-electron chi connectivity index (χ0n) is 10.7. The van der Waals surface area contributed by atoms with Crippen molar-refractivity contribution in [3.05, 3.63) is 16.5 Å². The van der Waals surface area contributed by atoms with E-state index in [-0.39, 0.29) is 9.56 Å². The van der Waals surface area contributed by atoms with Crippen molar-refractivity contribution in [3.8, 4) is 0 Å². The average molecular weight is 354 g/mol. The second-order valence-corrected chi connectivity index (χ2v) is 6.53. The summed E-state index contributed by atoms with van der Waals surface area (Å²) in [6.07, 6.45) is 1.62. The van der Waals surface area contributed by atoms with Gasteiger partial charge in [0.05, 0.1) is 0 Å². The molecule has 1 rings (SSSR count). The zero-order valence-corrected chi connectivity index (χ0v) is 13.1. The fraction of sp³-hybridized carbons (Fsp3) is 0.545. The van der Waals surface area contributed by atoms with Gasteiger partial charge in [-0.25, -0.2) is 13.2 Å². The maximum absolute atomic E-state index is 12.4. The number of carboxylic acid groups (broad SMARTS) is 1. The van der Waals surface area contributed by atoms with E-state index in [0.29, 0.717) is 13.1 Å². The number of carbonyl (C=O) groups is 1. The van der Waals surface area contributed by atoms with Crippen molar-refractivity contribution in [1.82, 2.24) is 4.31 Å². The van der Waals surface area contributed by atoms with Gasteiger partial charge in [-0.2, -0.15) is 4.31 Å². The van der Waals surface area contributed by atoms with Crippen LogP contribution in [0.1, 0.15) is 37.2 Å². The van der Waals surface area contributed by atoms with Crippen molar-refractivity contribution in [2.45, 2.75) is 31.6 Å². The van der Waals surface area contributed by atoms with Crippen molar-refractivity contribution in [3.63, 3.8) is 0 Å². The van der Waals surface area contributed by atoms with Crippen molar-refractivity contribution >= 4 is 31.9 Å². The average Bonchev–Trinajstić information content (AvgIpc) is 2.73. The largest absolute Gasteiger partial charge is 0.475 e. The molecule has 0 aliphatic carbocycles. The Morgan fingerprint density at radius 3 is 2.53 bits per heavy atom. The molecule has 0 saturated heterocycles. The molecule has 0 atom stereocenters. The number of halogens is 1. The fourth-order valence-electron chi connectivity index (χ4n) is 1.56. The third-order valence-electron chi connectivity index (χ3n) is 2.60. The van der Waals surface area contributed by atoms with Crippen LogP contribution in [0.5, 0.6) is 0 Å². The number of hydrogen-bond acceptors (Lipinski definition) is 4. The van der Waals surface area contributed by atoms with Gasteiger partial charge in [-0.15, -0.1) is 0 Å². The van der Waals surface area contributed by atoms with E-state index < -0.39 is 21.8 Å². The van der Waals surface area contributed by atoms with E-state index >= 15 is 0 Å². The third-order valence-corrected chi connectivity index (χ3v) is 5.43. The second-order valence-electron chi connectivity index (χ2n) is 3.90.